The van der Waals surface area contributed by atoms with E-state index in [2.05, 4.69) is 152 Å². The molecule has 0 atom stereocenters. The lowest BCUT2D eigenvalue weighted by atomic mass is 9.18. The van der Waals surface area contributed by atoms with Crippen molar-refractivity contribution in [3.63, 3.8) is 0 Å². The second-order valence-electron chi connectivity index (χ2n) is 16.2. The molecule has 0 saturated heterocycles. The summed E-state index contributed by atoms with van der Waals surface area (Å²) in [6.45, 7) is 0.240. The van der Waals surface area contributed by atoms with Gasteiger partial charge in [0.25, 0.3) is 13.4 Å². The smallest absolute Gasteiger partial charge is 0.251 e. The first-order chi connectivity index (χ1) is 26.9. The molecule has 0 unspecified atom stereocenters. The van der Waals surface area contributed by atoms with Crippen molar-refractivity contribution in [2.24, 2.45) is 0 Å². The number of benzene rings is 8. The van der Waals surface area contributed by atoms with Gasteiger partial charge in [0.15, 0.2) is 0 Å². The van der Waals surface area contributed by atoms with Crippen LogP contribution in [0.3, 0.4) is 0 Å². The van der Waals surface area contributed by atoms with Crippen molar-refractivity contribution < 1.29 is 0 Å². The molecule has 0 saturated carbocycles. The van der Waals surface area contributed by atoms with Gasteiger partial charge in [-0.3, -0.25) is 0 Å². The Morgan fingerprint density at radius 2 is 0.519 bits per heavy atom. The minimum atomic E-state index is 0.120. The fourth-order valence-electron chi connectivity index (χ4n) is 13.0. The van der Waals surface area contributed by atoms with E-state index in [9.17, 15) is 0 Å². The number of para-hydroxylation sites is 4. The van der Waals surface area contributed by atoms with Crippen LogP contribution < -0.4 is 32.8 Å². The molecule has 5 aliphatic heterocycles. The van der Waals surface area contributed by atoms with E-state index >= 15 is 0 Å². The van der Waals surface area contributed by atoms with Gasteiger partial charge in [-0.25, -0.2) is 0 Å². The van der Waals surface area contributed by atoms with Crippen LogP contribution in [-0.2, 0) is 0 Å². The third kappa shape index (κ3) is 2.17. The maximum absolute atomic E-state index is 2.66. The SMILES string of the molecule is c1cc2c3c(c1)-n1c4ccccc4c4c5c6ccccc6n6c5c5c(c41)B3c1c3c4c(c7ccccc7n4-c4cccc-6c4B35)c3c4ccccc4n-2c13. The molecule has 4 aromatic heterocycles. The fraction of sp³-hybridized carbons (Fsp3) is 0. The number of aromatic nitrogens is 4. The standard InChI is InChI=1S/C48H22B2N4/c1-5-15-27-23(11-1)35-36-24-12-2-6-16-28(24)52-33-21-10-22-34-40(33)50-42(46(36)52)41-45(35)51(27)31-19-9-20-32-39(31)49(41)43-44(50)48-38(26-14-4-8-18-30(26)54(34)48)37-25-13-3-7-17-29(25)53(32)47(37)43/h1-22H. The number of hydrogen-bond donors (Lipinski definition) is 0. The van der Waals surface area contributed by atoms with Gasteiger partial charge in [-0.1, -0.05) is 84.9 Å². The lowest BCUT2D eigenvalue weighted by Gasteiger charge is -2.44. The quantitative estimate of drug-likeness (QED) is 0.160. The lowest BCUT2D eigenvalue weighted by Crippen LogP contribution is -2.79. The zero-order valence-corrected chi connectivity index (χ0v) is 28.6. The van der Waals surface area contributed by atoms with Crippen LogP contribution in [0.1, 0.15) is 0 Å². The predicted octanol–water partition coefficient (Wildman–Crippen LogP) is 6.67. The Labute approximate surface area is 306 Å². The summed E-state index contributed by atoms with van der Waals surface area (Å²) in [5.74, 6) is 0. The van der Waals surface area contributed by atoms with Crippen LogP contribution in [0.2, 0.25) is 0 Å². The van der Waals surface area contributed by atoms with E-state index in [1.807, 2.05) is 0 Å². The number of rotatable bonds is 0. The summed E-state index contributed by atoms with van der Waals surface area (Å²) >= 11 is 0. The Morgan fingerprint density at radius 1 is 0.259 bits per heavy atom. The highest BCUT2D eigenvalue weighted by Crippen LogP contribution is 2.49. The minimum Gasteiger partial charge on any atom is -0.310 e. The normalized spacial score (nSPS) is 14.6. The van der Waals surface area contributed by atoms with Gasteiger partial charge in [0.1, 0.15) is 0 Å². The number of nitrogens with zero attached hydrogens (tertiary/aromatic N) is 4. The Morgan fingerprint density at radius 3 is 0.796 bits per heavy atom. The molecule has 0 spiro atoms. The van der Waals surface area contributed by atoms with E-state index in [0.717, 1.165) is 0 Å². The topological polar surface area (TPSA) is 19.7 Å². The zero-order valence-electron chi connectivity index (χ0n) is 28.6. The summed E-state index contributed by atoms with van der Waals surface area (Å²) in [4.78, 5) is 0. The maximum Gasteiger partial charge on any atom is 0.251 e. The molecule has 12 aromatic rings. The minimum absolute atomic E-state index is 0.120. The van der Waals surface area contributed by atoms with Gasteiger partial charge in [-0.2, -0.15) is 0 Å². The monoisotopic (exact) mass is 676 g/mol. The molecular weight excluding hydrogens is 654 g/mol. The van der Waals surface area contributed by atoms with Gasteiger partial charge >= 0.3 is 0 Å². The highest BCUT2D eigenvalue weighted by Gasteiger charge is 2.54. The van der Waals surface area contributed by atoms with Crippen molar-refractivity contribution in [2.75, 3.05) is 0 Å². The maximum atomic E-state index is 2.66. The van der Waals surface area contributed by atoms with Crippen LogP contribution in [0.25, 0.3) is 110 Å². The van der Waals surface area contributed by atoms with Crippen molar-refractivity contribution in [1.29, 1.82) is 0 Å². The molecule has 0 amide bonds. The van der Waals surface area contributed by atoms with Crippen molar-refractivity contribution in [3.05, 3.63) is 133 Å². The van der Waals surface area contributed by atoms with E-state index in [1.54, 1.807) is 0 Å². The summed E-state index contributed by atoms with van der Waals surface area (Å²) in [5, 5.41) is 11.0. The average molecular weight is 676 g/mol. The zero-order chi connectivity index (χ0) is 34.0. The van der Waals surface area contributed by atoms with E-state index in [1.165, 1.54) is 143 Å². The highest BCUT2D eigenvalue weighted by molar-refractivity contribution is 7.16. The summed E-state index contributed by atoms with van der Waals surface area (Å²) in [7, 11) is 0. The largest absolute Gasteiger partial charge is 0.310 e. The first-order valence-corrected chi connectivity index (χ1v) is 19.2. The molecule has 0 bridgehead atoms. The Bertz CT molecular complexity index is 3470. The van der Waals surface area contributed by atoms with Crippen LogP contribution >= 0.6 is 0 Å². The van der Waals surface area contributed by atoms with Gasteiger partial charge in [0.05, 0.1) is 22.1 Å². The molecule has 4 nitrogen and oxygen atoms in total. The van der Waals surface area contributed by atoms with Crippen molar-refractivity contribution in [1.82, 2.24) is 18.3 Å². The van der Waals surface area contributed by atoms with Crippen LogP contribution in [0.4, 0.5) is 0 Å². The molecule has 0 fully saturated rings. The molecule has 8 aromatic carbocycles. The van der Waals surface area contributed by atoms with Crippen LogP contribution in [0.15, 0.2) is 133 Å². The molecule has 0 aliphatic carbocycles. The molecule has 5 aliphatic rings. The summed E-state index contributed by atoms with van der Waals surface area (Å²) in [6.07, 6.45) is 0. The number of hydrogen-bond acceptors (Lipinski definition) is 0. The summed E-state index contributed by atoms with van der Waals surface area (Å²) in [6, 6.07) is 51.0. The molecule has 17 rings (SSSR count). The lowest BCUT2D eigenvalue weighted by molar-refractivity contribution is 1.13. The molecular formula is C48H22B2N4. The van der Waals surface area contributed by atoms with E-state index in [0.29, 0.717) is 0 Å². The molecule has 0 radical (unpaired) electrons. The van der Waals surface area contributed by atoms with Crippen LogP contribution in [0, 0.1) is 0 Å². The predicted molar refractivity (Wildman–Crippen MR) is 227 cm³/mol. The van der Waals surface area contributed by atoms with Gasteiger partial charge in [-0.15, -0.1) is 0 Å². The van der Waals surface area contributed by atoms with E-state index in [-0.39, 0.29) is 13.4 Å². The molecule has 9 heterocycles. The number of fused-ring (bicyclic) bond motifs is 18. The van der Waals surface area contributed by atoms with Crippen LogP contribution in [0.5, 0.6) is 0 Å². The average Bonchev–Trinajstić information content (AvgIpc) is 3.96. The third-order valence-electron chi connectivity index (χ3n) is 14.4. The first-order valence-electron chi connectivity index (χ1n) is 19.2. The Kier molecular flexibility index (Phi) is 3.53. The Hall–Kier alpha value is -6.91. The van der Waals surface area contributed by atoms with Gasteiger partial charge in [-0.05, 0) is 81.3 Å². The summed E-state index contributed by atoms with van der Waals surface area (Å²) < 4.78 is 10.7. The highest BCUT2D eigenvalue weighted by atomic mass is 15.1. The third-order valence-corrected chi connectivity index (χ3v) is 14.4. The van der Waals surface area contributed by atoms with E-state index in [4.69, 9.17) is 0 Å². The second kappa shape index (κ2) is 7.59. The second-order valence-corrected chi connectivity index (χ2v) is 16.2. The fourth-order valence-corrected chi connectivity index (χ4v) is 13.0. The molecule has 6 heteroatoms. The summed E-state index contributed by atoms with van der Waals surface area (Å²) in [5.41, 5.74) is 25.1. The van der Waals surface area contributed by atoms with Gasteiger partial charge < -0.3 is 18.3 Å². The van der Waals surface area contributed by atoms with E-state index < -0.39 is 0 Å². The van der Waals surface area contributed by atoms with Crippen molar-refractivity contribution >= 4 is 133 Å². The van der Waals surface area contributed by atoms with Gasteiger partial charge in [0, 0.05) is 87.9 Å². The van der Waals surface area contributed by atoms with Crippen molar-refractivity contribution in [2.45, 2.75) is 0 Å². The van der Waals surface area contributed by atoms with Crippen molar-refractivity contribution in [3.8, 4) is 22.7 Å². The molecule has 0 N–H and O–H groups in total. The Balaban J connectivity index is 1.30. The first kappa shape index (κ1) is 25.1. The van der Waals surface area contributed by atoms with Crippen LogP contribution in [-0.4, -0.2) is 31.7 Å². The molecule has 54 heavy (non-hydrogen) atoms. The van der Waals surface area contributed by atoms with Gasteiger partial charge in [0.2, 0.25) is 0 Å². The molecule has 240 valence electrons.